The number of hydrogen-bond donors (Lipinski definition) is 0. The number of allylic oxidation sites excluding steroid dienone is 3. The first-order valence-electron chi connectivity index (χ1n) is 16.5. The second kappa shape index (κ2) is 14.9. The van der Waals surface area contributed by atoms with Crippen molar-refractivity contribution in [2.75, 3.05) is 4.90 Å². The maximum absolute atomic E-state index is 9.58. The molecule has 6 aromatic rings. The van der Waals surface area contributed by atoms with Crippen LogP contribution in [0.2, 0.25) is 0 Å². The number of hydrogen-bond acceptors (Lipinski definition) is 3. The van der Waals surface area contributed by atoms with E-state index in [9.17, 15) is 5.26 Å². The Bertz CT molecular complexity index is 2140. The van der Waals surface area contributed by atoms with E-state index in [1.54, 1.807) is 6.08 Å². The Morgan fingerprint density at radius 3 is 1.56 bits per heavy atom. The molecule has 238 valence electrons. The fourth-order valence-electron chi connectivity index (χ4n) is 6.17. The van der Waals surface area contributed by atoms with Crippen LogP contribution in [0, 0.1) is 17.9 Å². The van der Waals surface area contributed by atoms with Crippen molar-refractivity contribution in [3.8, 4) is 28.3 Å². The van der Waals surface area contributed by atoms with Crippen LogP contribution in [0.15, 0.2) is 193 Å². The highest BCUT2D eigenvalue weighted by atomic mass is 16.5. The van der Waals surface area contributed by atoms with E-state index < -0.39 is 0 Å². The lowest BCUT2D eigenvalue weighted by Gasteiger charge is -2.26. The van der Waals surface area contributed by atoms with E-state index in [-0.39, 0.29) is 11.8 Å². The molecule has 0 aromatic heterocycles. The van der Waals surface area contributed by atoms with Gasteiger partial charge in [-0.1, -0.05) is 133 Å². The maximum atomic E-state index is 9.58. The summed E-state index contributed by atoms with van der Waals surface area (Å²) in [5.74, 6) is 0.610. The van der Waals surface area contributed by atoms with Crippen molar-refractivity contribution in [1.29, 1.82) is 5.26 Å². The van der Waals surface area contributed by atoms with E-state index in [1.807, 2.05) is 54.6 Å². The number of ether oxygens (including phenoxy) is 1. The summed E-state index contributed by atoms with van der Waals surface area (Å²) in [7, 11) is 0. The average Bonchev–Trinajstić information content (AvgIpc) is 3.20. The molecule has 50 heavy (non-hydrogen) atoms. The summed E-state index contributed by atoms with van der Waals surface area (Å²) >= 11 is 0. The summed E-state index contributed by atoms with van der Waals surface area (Å²) in [4.78, 5) is 5.73. The summed E-state index contributed by atoms with van der Waals surface area (Å²) in [5, 5.41) is 9.58. The van der Waals surface area contributed by atoms with Crippen LogP contribution in [0.3, 0.4) is 0 Å². The van der Waals surface area contributed by atoms with Crippen molar-refractivity contribution >= 4 is 23.1 Å². The number of nitriles is 1. The Balaban J connectivity index is 1.19. The summed E-state index contributed by atoms with van der Waals surface area (Å²) in [6.07, 6.45) is 5.90. The molecule has 1 unspecified atom stereocenters. The predicted molar refractivity (Wildman–Crippen MR) is 203 cm³/mol. The van der Waals surface area contributed by atoms with Crippen molar-refractivity contribution in [3.63, 3.8) is 0 Å². The second-order valence-corrected chi connectivity index (χ2v) is 12.0. The Kier molecular flexibility index (Phi) is 9.45. The van der Waals surface area contributed by atoms with Gasteiger partial charge in [0.05, 0.1) is 12.6 Å². The van der Waals surface area contributed by atoms with Crippen LogP contribution in [-0.2, 0) is 4.74 Å². The van der Waals surface area contributed by atoms with Gasteiger partial charge in [0.25, 0.3) is 5.70 Å². The van der Waals surface area contributed by atoms with Gasteiger partial charge in [-0.05, 0) is 87.5 Å². The van der Waals surface area contributed by atoms with Crippen LogP contribution in [0.4, 0.5) is 17.1 Å². The van der Waals surface area contributed by atoms with Crippen molar-refractivity contribution in [2.24, 2.45) is 0 Å². The Morgan fingerprint density at radius 1 is 0.620 bits per heavy atom. The Labute approximate surface area is 293 Å². The largest absolute Gasteiger partial charge is 0.485 e. The Morgan fingerprint density at radius 2 is 1.08 bits per heavy atom. The van der Waals surface area contributed by atoms with E-state index in [2.05, 4.69) is 137 Å². The summed E-state index contributed by atoms with van der Waals surface area (Å²) in [6.45, 7) is 7.50. The zero-order chi connectivity index (χ0) is 34.1. The minimum atomic E-state index is -0.279. The molecule has 6 aromatic carbocycles. The van der Waals surface area contributed by atoms with Gasteiger partial charge >= 0.3 is 0 Å². The molecule has 0 spiro atoms. The third-order valence-corrected chi connectivity index (χ3v) is 8.75. The highest BCUT2D eigenvalue weighted by Gasteiger charge is 2.22. The molecule has 0 fully saturated rings. The molecule has 0 bridgehead atoms. The molecule has 0 radical (unpaired) electrons. The molecule has 4 nitrogen and oxygen atoms in total. The van der Waals surface area contributed by atoms with Crippen LogP contribution < -0.4 is 4.90 Å². The van der Waals surface area contributed by atoms with Crippen LogP contribution in [-0.4, -0.2) is 0 Å². The topological polar surface area (TPSA) is 40.6 Å². The molecule has 1 aliphatic heterocycles. The van der Waals surface area contributed by atoms with E-state index in [4.69, 9.17) is 11.3 Å². The minimum absolute atomic E-state index is 0.0955. The normalized spacial score (nSPS) is 14.9. The van der Waals surface area contributed by atoms with Crippen LogP contribution in [0.1, 0.15) is 23.7 Å². The first-order chi connectivity index (χ1) is 24.7. The molecule has 1 aliphatic rings. The lowest BCUT2D eigenvalue weighted by Crippen LogP contribution is -2.10. The maximum Gasteiger partial charge on any atom is 0.265 e. The third-order valence-electron chi connectivity index (χ3n) is 8.75. The first kappa shape index (κ1) is 31.7. The molecule has 1 heterocycles. The molecule has 0 saturated carbocycles. The van der Waals surface area contributed by atoms with E-state index >= 15 is 0 Å². The standard InChI is InChI=1S/C46H33N3O/c1-48-45(33-47)40-31-44(50-46(32-40)39-15-9-4-10-16-39)30-19-34-17-24-41(25-18-34)49(42-26-20-37(21-27-42)35-11-5-2-6-12-35)43-28-22-38(23-29-43)36-13-7-3-8-14-36/h2-31,46H,32H2. The van der Waals surface area contributed by atoms with Crippen molar-refractivity contribution < 1.29 is 4.74 Å². The number of anilines is 3. The van der Waals surface area contributed by atoms with E-state index in [0.717, 1.165) is 28.2 Å². The SMILES string of the molecule is [C-]#[N+]C(C#N)=C1C=C(C=Cc2ccc(N(c3ccc(-c4ccccc4)cc3)c3ccc(-c4ccccc4)cc3)cc2)OC(c2ccccc2)C1. The van der Waals surface area contributed by atoms with Gasteiger partial charge in [0.2, 0.25) is 0 Å². The molecule has 1 atom stereocenters. The van der Waals surface area contributed by atoms with Gasteiger partial charge in [0.15, 0.2) is 0 Å². The minimum Gasteiger partial charge on any atom is -0.485 e. The summed E-state index contributed by atoms with van der Waals surface area (Å²) in [5.41, 5.74) is 10.6. The lowest BCUT2D eigenvalue weighted by atomic mass is 9.97. The monoisotopic (exact) mass is 643 g/mol. The van der Waals surface area contributed by atoms with Gasteiger partial charge < -0.3 is 9.64 Å². The van der Waals surface area contributed by atoms with Crippen molar-refractivity contribution in [1.82, 2.24) is 0 Å². The van der Waals surface area contributed by atoms with Gasteiger partial charge in [-0.15, -0.1) is 0 Å². The molecule has 7 rings (SSSR count). The van der Waals surface area contributed by atoms with Crippen molar-refractivity contribution in [3.05, 3.63) is 216 Å². The molecular weight excluding hydrogens is 611 g/mol. The first-order valence-corrected chi connectivity index (χ1v) is 16.5. The molecule has 4 heteroatoms. The van der Waals surface area contributed by atoms with Gasteiger partial charge in [-0.2, -0.15) is 0 Å². The zero-order valence-electron chi connectivity index (χ0n) is 27.4. The highest BCUT2D eigenvalue weighted by molar-refractivity contribution is 5.80. The van der Waals surface area contributed by atoms with Crippen LogP contribution >= 0.6 is 0 Å². The molecule has 0 aliphatic carbocycles. The zero-order valence-corrected chi connectivity index (χ0v) is 27.4. The van der Waals surface area contributed by atoms with Gasteiger partial charge in [0, 0.05) is 23.5 Å². The molecule has 0 saturated heterocycles. The molecule has 0 amide bonds. The number of nitrogens with zero attached hydrogens (tertiary/aromatic N) is 3. The third kappa shape index (κ3) is 7.16. The Hall–Kier alpha value is -6.88. The van der Waals surface area contributed by atoms with Gasteiger partial charge in [0.1, 0.15) is 11.9 Å². The van der Waals surface area contributed by atoms with Gasteiger partial charge in [-0.25, -0.2) is 10.1 Å². The van der Waals surface area contributed by atoms with Crippen molar-refractivity contribution in [2.45, 2.75) is 12.5 Å². The highest BCUT2D eigenvalue weighted by Crippen LogP contribution is 2.38. The number of benzene rings is 6. The van der Waals surface area contributed by atoms with E-state index in [0.29, 0.717) is 17.8 Å². The van der Waals surface area contributed by atoms with Crippen LogP contribution in [0.5, 0.6) is 0 Å². The number of rotatable bonds is 8. The lowest BCUT2D eigenvalue weighted by molar-refractivity contribution is 0.118. The average molecular weight is 644 g/mol. The van der Waals surface area contributed by atoms with E-state index in [1.165, 1.54) is 22.3 Å². The second-order valence-electron chi connectivity index (χ2n) is 12.0. The fourth-order valence-corrected chi connectivity index (χ4v) is 6.17. The van der Waals surface area contributed by atoms with Crippen LogP contribution in [0.25, 0.3) is 33.2 Å². The van der Waals surface area contributed by atoms with Gasteiger partial charge in [-0.3, -0.25) is 0 Å². The summed E-state index contributed by atoms with van der Waals surface area (Å²) < 4.78 is 6.34. The fraction of sp³-hybridized carbons (Fsp3) is 0.0435. The molecular formula is C46H33N3O. The molecule has 0 N–H and O–H groups in total. The summed E-state index contributed by atoms with van der Waals surface area (Å²) in [6, 6.07) is 58.5. The smallest absolute Gasteiger partial charge is 0.265 e. The predicted octanol–water partition coefficient (Wildman–Crippen LogP) is 12.2. The quantitative estimate of drug-likeness (QED) is 0.122.